The first-order valence-electron chi connectivity index (χ1n) is 7.51. The van der Waals surface area contributed by atoms with Crippen molar-refractivity contribution in [2.75, 3.05) is 17.2 Å². The highest BCUT2D eigenvalue weighted by molar-refractivity contribution is 7.09. The van der Waals surface area contributed by atoms with Crippen LogP contribution in [0.25, 0.3) is 0 Å². The molecule has 3 amide bonds. The van der Waals surface area contributed by atoms with Gasteiger partial charge in [-0.15, -0.1) is 11.3 Å². The summed E-state index contributed by atoms with van der Waals surface area (Å²) in [6.45, 7) is 5.70. The minimum absolute atomic E-state index is 0.189. The lowest BCUT2D eigenvalue weighted by molar-refractivity contribution is 0.168. The number of carbonyl (C=O) groups excluding carboxylic acids is 2. The van der Waals surface area contributed by atoms with Gasteiger partial charge in [0.1, 0.15) is 5.01 Å². The highest BCUT2D eigenvalue weighted by Crippen LogP contribution is 2.24. The molecule has 0 bridgehead atoms. The third-order valence-corrected chi connectivity index (χ3v) is 4.22. The number of rotatable bonds is 5. The summed E-state index contributed by atoms with van der Waals surface area (Å²) < 4.78 is 4.86. The average molecular weight is 348 g/mol. The summed E-state index contributed by atoms with van der Waals surface area (Å²) in [5.41, 5.74) is 1.93. The van der Waals surface area contributed by atoms with Crippen molar-refractivity contribution in [2.24, 2.45) is 0 Å². The standard InChI is InChI=1S/C16H20N4O3S/c1-4-23-16(22)20-13-7-5-6-12(10(13)2)19-15(21)18-11(3)14-17-8-9-24-14/h5-9,11H,4H2,1-3H3,(H,20,22)(H2,18,19,21)/t11-/m0/s1. The summed E-state index contributed by atoms with van der Waals surface area (Å²) in [7, 11) is 0. The Kier molecular flexibility index (Phi) is 6.14. The van der Waals surface area contributed by atoms with Gasteiger partial charge in [-0.3, -0.25) is 5.32 Å². The van der Waals surface area contributed by atoms with E-state index in [0.29, 0.717) is 18.0 Å². The van der Waals surface area contributed by atoms with Crippen LogP contribution in [0.4, 0.5) is 21.0 Å². The van der Waals surface area contributed by atoms with Crippen LogP contribution in [0.15, 0.2) is 29.8 Å². The number of hydrogen-bond acceptors (Lipinski definition) is 5. The van der Waals surface area contributed by atoms with Crippen molar-refractivity contribution >= 4 is 34.8 Å². The summed E-state index contributed by atoms with van der Waals surface area (Å²) in [4.78, 5) is 27.9. The minimum Gasteiger partial charge on any atom is -0.450 e. The maximum absolute atomic E-state index is 12.1. The molecule has 128 valence electrons. The SMILES string of the molecule is CCOC(=O)Nc1cccc(NC(=O)N[C@@H](C)c2nccs2)c1C. The van der Waals surface area contributed by atoms with Gasteiger partial charge in [-0.05, 0) is 38.5 Å². The number of hydrogen-bond donors (Lipinski definition) is 3. The van der Waals surface area contributed by atoms with Gasteiger partial charge in [0.15, 0.2) is 0 Å². The Morgan fingerprint density at radius 3 is 2.62 bits per heavy atom. The molecule has 0 radical (unpaired) electrons. The summed E-state index contributed by atoms with van der Waals surface area (Å²) in [6, 6.07) is 4.72. The van der Waals surface area contributed by atoms with Crippen LogP contribution in [0.1, 0.15) is 30.5 Å². The second kappa shape index (κ2) is 8.30. The summed E-state index contributed by atoms with van der Waals surface area (Å²) in [5, 5.41) is 10.9. The quantitative estimate of drug-likeness (QED) is 0.764. The Balaban J connectivity index is 2.01. The van der Waals surface area contributed by atoms with Crippen LogP contribution in [0, 0.1) is 6.92 Å². The number of benzene rings is 1. The summed E-state index contributed by atoms with van der Waals surface area (Å²) >= 11 is 1.48. The van der Waals surface area contributed by atoms with E-state index in [4.69, 9.17) is 4.74 Å². The molecule has 1 atom stereocenters. The van der Waals surface area contributed by atoms with Gasteiger partial charge in [0.25, 0.3) is 0 Å². The lowest BCUT2D eigenvalue weighted by atomic mass is 10.1. The van der Waals surface area contributed by atoms with Gasteiger partial charge in [0.05, 0.1) is 12.6 Å². The smallest absolute Gasteiger partial charge is 0.411 e. The number of nitrogens with zero attached hydrogens (tertiary/aromatic N) is 1. The fourth-order valence-corrected chi connectivity index (χ4v) is 2.69. The number of aromatic nitrogens is 1. The molecule has 0 saturated heterocycles. The second-order valence-corrected chi connectivity index (χ2v) is 5.94. The Morgan fingerprint density at radius 2 is 2.00 bits per heavy atom. The first-order valence-corrected chi connectivity index (χ1v) is 8.39. The number of anilines is 2. The molecule has 3 N–H and O–H groups in total. The van der Waals surface area contributed by atoms with Crippen molar-refractivity contribution in [1.29, 1.82) is 0 Å². The molecule has 24 heavy (non-hydrogen) atoms. The van der Waals surface area contributed by atoms with Crippen LogP contribution in [-0.2, 0) is 4.74 Å². The van der Waals surface area contributed by atoms with Crippen LogP contribution >= 0.6 is 11.3 Å². The molecule has 2 aromatic rings. The Bertz CT molecular complexity index is 703. The fourth-order valence-electron chi connectivity index (χ4n) is 2.05. The molecule has 0 fully saturated rings. The fraction of sp³-hybridized carbons (Fsp3) is 0.312. The van der Waals surface area contributed by atoms with Gasteiger partial charge in [-0.1, -0.05) is 6.07 Å². The van der Waals surface area contributed by atoms with Crippen LogP contribution in [0.3, 0.4) is 0 Å². The van der Waals surface area contributed by atoms with Gasteiger partial charge >= 0.3 is 12.1 Å². The molecule has 1 aromatic heterocycles. The molecular formula is C16H20N4O3S. The van der Waals surface area contributed by atoms with Crippen molar-refractivity contribution in [3.8, 4) is 0 Å². The minimum atomic E-state index is -0.528. The molecule has 0 unspecified atom stereocenters. The molecule has 0 aliphatic rings. The van der Waals surface area contributed by atoms with Gasteiger partial charge in [-0.25, -0.2) is 14.6 Å². The van der Waals surface area contributed by atoms with Crippen molar-refractivity contribution in [3.05, 3.63) is 40.3 Å². The first kappa shape index (κ1) is 17.7. The van der Waals surface area contributed by atoms with E-state index in [0.717, 1.165) is 10.6 Å². The van der Waals surface area contributed by atoms with E-state index in [1.54, 1.807) is 38.2 Å². The number of amides is 3. The van der Waals surface area contributed by atoms with Gasteiger partial charge in [-0.2, -0.15) is 0 Å². The zero-order valence-electron chi connectivity index (χ0n) is 13.8. The van der Waals surface area contributed by atoms with Gasteiger partial charge in [0.2, 0.25) is 0 Å². The van der Waals surface area contributed by atoms with Crippen LogP contribution in [0.2, 0.25) is 0 Å². The number of nitrogens with one attached hydrogen (secondary N) is 3. The van der Waals surface area contributed by atoms with E-state index < -0.39 is 6.09 Å². The third-order valence-electron chi connectivity index (χ3n) is 3.26. The lowest BCUT2D eigenvalue weighted by Gasteiger charge is -2.15. The summed E-state index contributed by atoms with van der Waals surface area (Å²) in [5.74, 6) is 0. The van der Waals surface area contributed by atoms with Crippen LogP contribution in [-0.4, -0.2) is 23.7 Å². The molecule has 0 aliphatic heterocycles. The van der Waals surface area contributed by atoms with E-state index >= 15 is 0 Å². The molecule has 2 rings (SSSR count). The highest BCUT2D eigenvalue weighted by Gasteiger charge is 2.14. The average Bonchev–Trinajstić information content (AvgIpc) is 3.06. The largest absolute Gasteiger partial charge is 0.450 e. The van der Waals surface area contributed by atoms with Gasteiger partial charge < -0.3 is 15.4 Å². The molecule has 1 aromatic carbocycles. The van der Waals surface area contributed by atoms with Crippen LogP contribution in [0.5, 0.6) is 0 Å². The van der Waals surface area contributed by atoms with Crippen molar-refractivity contribution in [1.82, 2.24) is 10.3 Å². The first-order chi connectivity index (χ1) is 11.5. The second-order valence-electron chi connectivity index (χ2n) is 5.01. The Labute approximate surface area is 144 Å². The van der Waals surface area contributed by atoms with E-state index in [2.05, 4.69) is 20.9 Å². The molecule has 0 spiro atoms. The predicted octanol–water partition coefficient (Wildman–Crippen LogP) is 3.90. The molecular weight excluding hydrogens is 328 g/mol. The third kappa shape index (κ3) is 4.69. The molecule has 1 heterocycles. The normalized spacial score (nSPS) is 11.5. The molecule has 7 nitrogen and oxygen atoms in total. The Hall–Kier alpha value is -2.61. The van der Waals surface area contributed by atoms with E-state index in [1.807, 2.05) is 12.3 Å². The molecule has 0 aliphatic carbocycles. The van der Waals surface area contributed by atoms with E-state index in [1.165, 1.54) is 11.3 Å². The van der Waals surface area contributed by atoms with Crippen LogP contribution < -0.4 is 16.0 Å². The number of carbonyl (C=O) groups is 2. The van der Waals surface area contributed by atoms with Gasteiger partial charge in [0, 0.05) is 23.0 Å². The zero-order valence-corrected chi connectivity index (χ0v) is 14.6. The predicted molar refractivity (Wildman–Crippen MR) is 94.5 cm³/mol. The summed E-state index contributed by atoms with van der Waals surface area (Å²) in [6.07, 6.45) is 1.17. The Morgan fingerprint density at radius 1 is 1.29 bits per heavy atom. The number of ether oxygens (including phenoxy) is 1. The monoisotopic (exact) mass is 348 g/mol. The molecule has 8 heteroatoms. The highest BCUT2D eigenvalue weighted by atomic mass is 32.1. The number of urea groups is 1. The van der Waals surface area contributed by atoms with E-state index in [9.17, 15) is 9.59 Å². The maximum Gasteiger partial charge on any atom is 0.411 e. The number of thiazole rings is 1. The topological polar surface area (TPSA) is 92.4 Å². The maximum atomic E-state index is 12.1. The van der Waals surface area contributed by atoms with Crippen molar-refractivity contribution < 1.29 is 14.3 Å². The zero-order chi connectivity index (χ0) is 17.5. The lowest BCUT2D eigenvalue weighted by Crippen LogP contribution is -2.31. The van der Waals surface area contributed by atoms with Crippen molar-refractivity contribution in [2.45, 2.75) is 26.8 Å². The van der Waals surface area contributed by atoms with Crippen molar-refractivity contribution in [3.63, 3.8) is 0 Å². The van der Waals surface area contributed by atoms with E-state index in [-0.39, 0.29) is 12.1 Å². The molecule has 0 saturated carbocycles.